The highest BCUT2D eigenvalue weighted by molar-refractivity contribution is 6.04. The second kappa shape index (κ2) is 10.7. The van der Waals surface area contributed by atoms with Gasteiger partial charge in [0.15, 0.2) is 17.5 Å². The van der Waals surface area contributed by atoms with Crippen molar-refractivity contribution in [1.29, 1.82) is 10.5 Å². The molecule has 5 aromatic carbocycles. The summed E-state index contributed by atoms with van der Waals surface area (Å²) in [5, 5.41) is 21.3. The monoisotopic (exact) mass is 619 g/mol. The molecular formula is C43H33N5. The second-order valence-electron chi connectivity index (χ2n) is 14.3. The van der Waals surface area contributed by atoms with E-state index in [4.69, 9.17) is 15.0 Å². The minimum atomic E-state index is 0.360. The molecular weight excluding hydrogens is 587 g/mol. The summed E-state index contributed by atoms with van der Waals surface area (Å²) in [6.45, 7) is 2.57. The molecule has 3 aliphatic rings. The van der Waals surface area contributed by atoms with Gasteiger partial charge in [-0.05, 0) is 113 Å². The van der Waals surface area contributed by atoms with Crippen LogP contribution in [-0.2, 0) is 5.41 Å². The van der Waals surface area contributed by atoms with Gasteiger partial charge in [0.1, 0.15) is 0 Å². The molecule has 0 radical (unpaired) electrons. The van der Waals surface area contributed by atoms with E-state index in [2.05, 4.69) is 79.7 Å². The molecule has 1 heterocycles. The minimum Gasteiger partial charge on any atom is -0.208 e. The molecule has 1 aromatic heterocycles. The number of benzene rings is 5. The van der Waals surface area contributed by atoms with Crippen LogP contribution in [0.5, 0.6) is 0 Å². The topological polar surface area (TPSA) is 86.2 Å². The number of fused-ring (bicyclic) bond motifs is 2. The van der Waals surface area contributed by atoms with E-state index in [1.54, 1.807) is 24.3 Å². The lowest BCUT2D eigenvalue weighted by molar-refractivity contribution is 0.195. The van der Waals surface area contributed by atoms with Crippen molar-refractivity contribution in [3.63, 3.8) is 0 Å². The van der Waals surface area contributed by atoms with Gasteiger partial charge in [-0.3, -0.25) is 0 Å². The third-order valence-electron chi connectivity index (χ3n) is 11.8. The molecule has 3 fully saturated rings. The first-order valence-electron chi connectivity index (χ1n) is 16.9. The summed E-state index contributed by atoms with van der Waals surface area (Å²) < 4.78 is 0. The van der Waals surface area contributed by atoms with E-state index in [0.29, 0.717) is 39.4 Å². The number of nitrogens with zero attached hydrogens (tertiary/aromatic N) is 5. The molecule has 2 bridgehead atoms. The quantitative estimate of drug-likeness (QED) is 0.192. The van der Waals surface area contributed by atoms with Crippen molar-refractivity contribution in [2.75, 3.05) is 0 Å². The predicted octanol–water partition coefficient (Wildman–Crippen LogP) is 9.90. The van der Waals surface area contributed by atoms with E-state index in [1.807, 2.05) is 24.3 Å². The van der Waals surface area contributed by atoms with Crippen LogP contribution in [0.4, 0.5) is 0 Å². The highest BCUT2D eigenvalue weighted by Gasteiger charge is 2.65. The summed E-state index contributed by atoms with van der Waals surface area (Å²) in [5.74, 6) is 3.28. The van der Waals surface area contributed by atoms with E-state index >= 15 is 0 Å². The van der Waals surface area contributed by atoms with Crippen molar-refractivity contribution in [3.8, 4) is 57.4 Å². The van der Waals surface area contributed by atoms with E-state index in [9.17, 15) is 10.5 Å². The van der Waals surface area contributed by atoms with Crippen LogP contribution in [0.1, 0.15) is 55.7 Å². The van der Waals surface area contributed by atoms with E-state index in [0.717, 1.165) is 39.3 Å². The van der Waals surface area contributed by atoms with Crippen molar-refractivity contribution in [2.45, 2.75) is 44.4 Å². The third-order valence-corrected chi connectivity index (χ3v) is 11.8. The Morgan fingerprint density at radius 1 is 0.583 bits per heavy atom. The van der Waals surface area contributed by atoms with Crippen molar-refractivity contribution < 1.29 is 0 Å². The number of hydrogen-bond donors (Lipinski definition) is 0. The molecule has 4 atom stereocenters. The Balaban J connectivity index is 1.15. The van der Waals surface area contributed by atoms with Crippen molar-refractivity contribution in [2.24, 2.45) is 17.3 Å². The summed E-state index contributed by atoms with van der Waals surface area (Å²) in [7, 11) is 0. The molecule has 5 nitrogen and oxygen atoms in total. The Hall–Kier alpha value is -5.65. The van der Waals surface area contributed by atoms with Gasteiger partial charge in [0, 0.05) is 16.7 Å². The first kappa shape index (κ1) is 28.6. The standard InChI is InChI=1S/C43H33N5/c1-42-26-43(22-33(42)16-17-34(42)23-43)32-14-12-29(13-15-32)35-18-19-38(37-11-3-2-10-36(35)37)41-47-39(30-8-4-6-27(20-30)24-44)46-40(48-41)31-9-5-7-28(21-31)25-45/h2-15,18-21,33-34H,16-17,22-23,26H2,1H3/t33-,34+,42-,43?. The normalized spacial score (nSPS) is 23.6. The summed E-state index contributed by atoms with van der Waals surface area (Å²) in [6, 6.07) is 41.2. The maximum atomic E-state index is 9.57. The lowest BCUT2D eigenvalue weighted by atomic mass is 9.72. The summed E-state index contributed by atoms with van der Waals surface area (Å²) in [6.07, 6.45) is 6.90. The zero-order chi connectivity index (χ0) is 32.5. The molecule has 0 saturated heterocycles. The highest BCUT2D eigenvalue weighted by atomic mass is 15.0. The van der Waals surface area contributed by atoms with Crippen LogP contribution in [0, 0.1) is 39.9 Å². The van der Waals surface area contributed by atoms with Gasteiger partial charge in [-0.25, -0.2) is 15.0 Å². The Morgan fingerprint density at radius 3 is 1.69 bits per heavy atom. The molecule has 48 heavy (non-hydrogen) atoms. The van der Waals surface area contributed by atoms with Gasteiger partial charge >= 0.3 is 0 Å². The lowest BCUT2D eigenvalue weighted by Crippen LogP contribution is -2.26. The number of hydrogen-bond acceptors (Lipinski definition) is 5. The molecule has 0 N–H and O–H groups in total. The van der Waals surface area contributed by atoms with Crippen LogP contribution >= 0.6 is 0 Å². The van der Waals surface area contributed by atoms with Gasteiger partial charge < -0.3 is 0 Å². The molecule has 0 amide bonds. The fourth-order valence-corrected chi connectivity index (χ4v) is 9.55. The zero-order valence-corrected chi connectivity index (χ0v) is 26.8. The maximum absolute atomic E-state index is 9.57. The Morgan fingerprint density at radius 2 is 1.12 bits per heavy atom. The minimum absolute atomic E-state index is 0.360. The van der Waals surface area contributed by atoms with Crippen LogP contribution < -0.4 is 0 Å². The van der Waals surface area contributed by atoms with Gasteiger partial charge in [-0.2, -0.15) is 10.5 Å². The average molecular weight is 620 g/mol. The van der Waals surface area contributed by atoms with E-state index < -0.39 is 0 Å². The van der Waals surface area contributed by atoms with Crippen LogP contribution in [0.25, 0.3) is 56.1 Å². The largest absolute Gasteiger partial charge is 0.208 e. The molecule has 1 unspecified atom stereocenters. The van der Waals surface area contributed by atoms with Crippen molar-refractivity contribution in [3.05, 3.63) is 126 Å². The van der Waals surface area contributed by atoms with Crippen LogP contribution in [0.15, 0.2) is 109 Å². The Kier molecular flexibility index (Phi) is 6.36. The van der Waals surface area contributed by atoms with Gasteiger partial charge in [-0.15, -0.1) is 0 Å². The lowest BCUT2D eigenvalue weighted by Gasteiger charge is -2.33. The Bertz CT molecular complexity index is 2250. The molecule has 3 aliphatic carbocycles. The first-order chi connectivity index (χ1) is 23.5. The second-order valence-corrected chi connectivity index (χ2v) is 14.3. The molecule has 230 valence electrons. The predicted molar refractivity (Wildman–Crippen MR) is 188 cm³/mol. The van der Waals surface area contributed by atoms with Crippen LogP contribution in [0.2, 0.25) is 0 Å². The number of rotatable bonds is 5. The maximum Gasteiger partial charge on any atom is 0.164 e. The van der Waals surface area contributed by atoms with Gasteiger partial charge in [0.2, 0.25) is 0 Å². The van der Waals surface area contributed by atoms with Crippen molar-refractivity contribution in [1.82, 2.24) is 15.0 Å². The van der Waals surface area contributed by atoms with Crippen LogP contribution in [0.3, 0.4) is 0 Å². The number of aromatic nitrogens is 3. The van der Waals surface area contributed by atoms with Gasteiger partial charge in [-0.1, -0.05) is 85.8 Å². The van der Waals surface area contributed by atoms with Crippen LogP contribution in [-0.4, -0.2) is 15.0 Å². The van der Waals surface area contributed by atoms with E-state index in [1.165, 1.54) is 48.8 Å². The highest BCUT2D eigenvalue weighted by Crippen LogP contribution is 2.72. The number of nitriles is 2. The van der Waals surface area contributed by atoms with Gasteiger partial charge in [0.05, 0.1) is 23.3 Å². The first-order valence-corrected chi connectivity index (χ1v) is 16.9. The summed E-state index contributed by atoms with van der Waals surface area (Å²) in [5.41, 5.74) is 8.25. The Labute approximate surface area is 280 Å². The summed E-state index contributed by atoms with van der Waals surface area (Å²) >= 11 is 0. The molecule has 0 spiro atoms. The molecule has 6 aromatic rings. The third kappa shape index (κ3) is 4.39. The summed E-state index contributed by atoms with van der Waals surface area (Å²) in [4.78, 5) is 14.8. The molecule has 0 aliphatic heterocycles. The van der Waals surface area contributed by atoms with Gasteiger partial charge in [0.25, 0.3) is 0 Å². The van der Waals surface area contributed by atoms with Crippen molar-refractivity contribution >= 4 is 10.8 Å². The average Bonchev–Trinajstić information content (AvgIpc) is 3.65. The smallest absolute Gasteiger partial charge is 0.164 e. The molecule has 3 saturated carbocycles. The molecule has 5 heteroatoms. The molecule has 9 rings (SSSR count). The van der Waals surface area contributed by atoms with E-state index in [-0.39, 0.29) is 0 Å². The SMILES string of the molecule is C[C@@]12CC3(c4ccc(-c5ccc(-c6nc(-c7cccc(C#N)c7)nc(-c7cccc(C#N)c7)n6)c6ccccc56)cc4)C[C@H]1CC[C@H]2C3. The fraction of sp³-hybridized carbons (Fsp3) is 0.233. The zero-order valence-electron chi connectivity index (χ0n) is 26.8. The fourth-order valence-electron chi connectivity index (χ4n) is 9.55.